The first-order valence-electron chi connectivity index (χ1n) is 8.59. The van der Waals surface area contributed by atoms with Crippen LogP contribution in [0.3, 0.4) is 0 Å². The quantitative estimate of drug-likeness (QED) is 0.848. The third kappa shape index (κ3) is 4.58. The maximum atomic E-state index is 12.5. The van der Waals surface area contributed by atoms with Crippen LogP contribution in [0.15, 0.2) is 53.4 Å². The van der Waals surface area contributed by atoms with Crippen LogP contribution in [0.5, 0.6) is 5.75 Å². The van der Waals surface area contributed by atoms with Crippen molar-refractivity contribution in [2.75, 3.05) is 24.3 Å². The zero-order valence-corrected chi connectivity index (χ0v) is 15.6. The van der Waals surface area contributed by atoms with Crippen molar-refractivity contribution in [2.24, 2.45) is 0 Å². The van der Waals surface area contributed by atoms with Gasteiger partial charge in [-0.05, 0) is 29.8 Å². The summed E-state index contributed by atoms with van der Waals surface area (Å²) in [4.78, 5) is 27.5. The van der Waals surface area contributed by atoms with E-state index >= 15 is 0 Å². The molecule has 0 atom stereocenters. The van der Waals surface area contributed by atoms with Gasteiger partial charge in [0.15, 0.2) is 0 Å². The molecule has 1 aliphatic rings. The van der Waals surface area contributed by atoms with E-state index in [4.69, 9.17) is 4.74 Å². The number of hydrogen-bond donors (Lipinski definition) is 1. The number of carbonyl (C=O) groups is 2. The molecule has 1 heterocycles. The van der Waals surface area contributed by atoms with Gasteiger partial charge in [-0.2, -0.15) is 0 Å². The van der Waals surface area contributed by atoms with Crippen LogP contribution < -0.4 is 15.0 Å². The van der Waals surface area contributed by atoms with Crippen LogP contribution in [0.4, 0.5) is 5.69 Å². The summed E-state index contributed by atoms with van der Waals surface area (Å²) >= 11 is 1.76. The van der Waals surface area contributed by atoms with Gasteiger partial charge in [-0.25, -0.2) is 0 Å². The molecule has 0 saturated heterocycles. The van der Waals surface area contributed by atoms with E-state index in [0.29, 0.717) is 13.1 Å². The van der Waals surface area contributed by atoms with E-state index in [1.807, 2.05) is 48.5 Å². The molecule has 0 fully saturated rings. The van der Waals surface area contributed by atoms with E-state index in [1.54, 1.807) is 23.8 Å². The van der Waals surface area contributed by atoms with Crippen LogP contribution in [0, 0.1) is 0 Å². The Morgan fingerprint density at radius 2 is 2.00 bits per heavy atom. The van der Waals surface area contributed by atoms with Gasteiger partial charge in [0.05, 0.1) is 12.8 Å². The highest BCUT2D eigenvalue weighted by atomic mass is 32.2. The number of carbonyl (C=O) groups excluding carboxylic acids is 2. The van der Waals surface area contributed by atoms with Crippen molar-refractivity contribution >= 4 is 29.3 Å². The van der Waals surface area contributed by atoms with Crippen molar-refractivity contribution in [2.45, 2.75) is 24.3 Å². The smallest absolute Gasteiger partial charge is 0.227 e. The first-order valence-corrected chi connectivity index (χ1v) is 9.58. The molecule has 1 aliphatic heterocycles. The second-order valence-electron chi connectivity index (χ2n) is 5.99. The number of benzene rings is 2. The predicted octanol–water partition coefficient (Wildman–Crippen LogP) is 3.23. The molecular weight excluding hydrogens is 348 g/mol. The fraction of sp³-hybridized carbons (Fsp3) is 0.300. The molecule has 26 heavy (non-hydrogen) atoms. The molecule has 0 radical (unpaired) electrons. The third-order valence-electron chi connectivity index (χ3n) is 4.22. The van der Waals surface area contributed by atoms with Crippen molar-refractivity contribution in [1.29, 1.82) is 0 Å². The number of amides is 2. The first kappa shape index (κ1) is 18.3. The lowest BCUT2D eigenvalue weighted by atomic mass is 10.2. The van der Waals surface area contributed by atoms with Crippen LogP contribution in [-0.4, -0.2) is 31.2 Å². The second kappa shape index (κ2) is 8.76. The van der Waals surface area contributed by atoms with Crippen LogP contribution in [-0.2, 0) is 16.1 Å². The van der Waals surface area contributed by atoms with Crippen molar-refractivity contribution in [3.05, 3.63) is 54.1 Å². The molecule has 2 aromatic rings. The summed E-state index contributed by atoms with van der Waals surface area (Å²) in [6, 6.07) is 15.5. The zero-order chi connectivity index (χ0) is 18.4. The minimum absolute atomic E-state index is 0.00530. The Morgan fingerprint density at radius 3 is 2.85 bits per heavy atom. The van der Waals surface area contributed by atoms with E-state index in [9.17, 15) is 9.59 Å². The summed E-state index contributed by atoms with van der Waals surface area (Å²) < 4.78 is 5.17. The lowest BCUT2D eigenvalue weighted by Gasteiger charge is -2.29. The zero-order valence-electron chi connectivity index (χ0n) is 14.7. The molecular formula is C20H22N2O3S. The molecule has 2 amide bonds. The molecule has 6 heteroatoms. The Kier molecular flexibility index (Phi) is 6.17. The van der Waals surface area contributed by atoms with E-state index < -0.39 is 0 Å². The lowest BCUT2D eigenvalue weighted by molar-refractivity contribution is -0.125. The molecule has 3 rings (SSSR count). The summed E-state index contributed by atoms with van der Waals surface area (Å²) in [6.07, 6.45) is 0.400. The summed E-state index contributed by atoms with van der Waals surface area (Å²) in [5, 5.41) is 2.86. The van der Waals surface area contributed by atoms with E-state index in [2.05, 4.69) is 5.32 Å². The van der Waals surface area contributed by atoms with Crippen LogP contribution >= 0.6 is 11.8 Å². The van der Waals surface area contributed by atoms with Crippen molar-refractivity contribution in [1.82, 2.24) is 5.32 Å². The number of hydrogen-bond acceptors (Lipinski definition) is 4. The number of rotatable bonds is 6. The van der Waals surface area contributed by atoms with Crippen molar-refractivity contribution < 1.29 is 14.3 Å². The molecule has 0 spiro atoms. The maximum absolute atomic E-state index is 12.5. The van der Waals surface area contributed by atoms with E-state index in [0.717, 1.165) is 27.6 Å². The fourth-order valence-corrected chi connectivity index (χ4v) is 3.85. The minimum Gasteiger partial charge on any atom is -0.497 e. The predicted molar refractivity (Wildman–Crippen MR) is 104 cm³/mol. The van der Waals surface area contributed by atoms with Gasteiger partial charge < -0.3 is 15.0 Å². The Labute approximate surface area is 157 Å². The average molecular weight is 370 g/mol. The Bertz CT molecular complexity index is 794. The number of nitrogens with one attached hydrogen (secondary N) is 1. The Morgan fingerprint density at radius 1 is 1.15 bits per heavy atom. The van der Waals surface area contributed by atoms with E-state index in [1.165, 1.54) is 0 Å². The normalized spacial score (nSPS) is 13.0. The molecule has 2 aromatic carbocycles. The molecule has 0 bridgehead atoms. The molecule has 136 valence electrons. The van der Waals surface area contributed by atoms with Crippen LogP contribution in [0.25, 0.3) is 0 Å². The minimum atomic E-state index is -0.124. The highest BCUT2D eigenvalue weighted by Gasteiger charge is 2.22. The third-order valence-corrected chi connectivity index (χ3v) is 5.26. The van der Waals surface area contributed by atoms with Gasteiger partial charge in [0.25, 0.3) is 0 Å². The Balaban J connectivity index is 1.49. The number of thioether (sulfide) groups is 1. The van der Waals surface area contributed by atoms with Crippen LogP contribution in [0.2, 0.25) is 0 Å². The summed E-state index contributed by atoms with van der Waals surface area (Å²) in [6.45, 7) is 1.11. The van der Waals surface area contributed by atoms with Gasteiger partial charge in [-0.3, -0.25) is 9.59 Å². The van der Waals surface area contributed by atoms with Gasteiger partial charge in [0.1, 0.15) is 5.75 Å². The van der Waals surface area contributed by atoms with Crippen LogP contribution in [0.1, 0.15) is 18.4 Å². The summed E-state index contributed by atoms with van der Waals surface area (Å²) in [5.74, 6) is 1.51. The molecule has 0 aromatic heterocycles. The molecule has 1 N–H and O–H groups in total. The summed E-state index contributed by atoms with van der Waals surface area (Å²) in [7, 11) is 1.61. The van der Waals surface area contributed by atoms with Gasteiger partial charge in [0.2, 0.25) is 11.8 Å². The van der Waals surface area contributed by atoms with E-state index in [-0.39, 0.29) is 24.7 Å². The van der Waals surface area contributed by atoms with Gasteiger partial charge in [-0.15, -0.1) is 11.8 Å². The highest BCUT2D eigenvalue weighted by Crippen LogP contribution is 2.34. The van der Waals surface area contributed by atoms with Crippen molar-refractivity contribution in [3.8, 4) is 5.75 Å². The first-order chi connectivity index (χ1) is 12.7. The van der Waals surface area contributed by atoms with Crippen molar-refractivity contribution in [3.63, 3.8) is 0 Å². The molecule has 0 saturated carbocycles. The number of anilines is 1. The van der Waals surface area contributed by atoms with Gasteiger partial charge in [-0.1, -0.05) is 24.3 Å². The number of nitrogens with zero attached hydrogens (tertiary/aromatic N) is 1. The summed E-state index contributed by atoms with van der Waals surface area (Å²) in [5.41, 5.74) is 1.91. The average Bonchev–Trinajstić information content (AvgIpc) is 2.70. The topological polar surface area (TPSA) is 58.6 Å². The fourth-order valence-electron chi connectivity index (χ4n) is 2.86. The monoisotopic (exact) mass is 370 g/mol. The van der Waals surface area contributed by atoms with Gasteiger partial charge >= 0.3 is 0 Å². The molecule has 0 unspecified atom stereocenters. The Hall–Kier alpha value is -2.47. The molecule has 0 aliphatic carbocycles. The number of para-hydroxylation sites is 1. The number of fused-ring (bicyclic) bond motifs is 1. The lowest BCUT2D eigenvalue weighted by Crippen LogP contribution is -2.36. The highest BCUT2D eigenvalue weighted by molar-refractivity contribution is 7.99. The largest absolute Gasteiger partial charge is 0.497 e. The number of ether oxygens (including phenoxy) is 1. The SMILES string of the molecule is COc1cccc(CNC(=O)CCC(=O)N2CCSc3ccccc32)c1. The molecule has 5 nitrogen and oxygen atoms in total. The second-order valence-corrected chi connectivity index (χ2v) is 7.13. The standard InChI is InChI=1S/C20H22N2O3S/c1-25-16-6-4-5-15(13-16)14-21-19(23)9-10-20(24)22-11-12-26-18-8-3-2-7-17(18)22/h2-8,13H,9-12,14H2,1H3,(H,21,23). The van der Waals surface area contributed by atoms with Gasteiger partial charge in [0, 0.05) is 36.6 Å². The number of methoxy groups -OCH3 is 1. The maximum Gasteiger partial charge on any atom is 0.227 e.